The van der Waals surface area contributed by atoms with Crippen LogP contribution >= 0.6 is 0 Å². The number of aliphatic imine (C=N–C) groups is 1. The van der Waals surface area contributed by atoms with E-state index in [0.717, 1.165) is 19.6 Å². The topological polar surface area (TPSA) is 41.6 Å². The summed E-state index contributed by atoms with van der Waals surface area (Å²) < 4.78 is 0. The van der Waals surface area contributed by atoms with Gasteiger partial charge in [-0.15, -0.1) is 0 Å². The number of hydrogen-bond donors (Lipinski definition) is 1. The first-order valence-electron chi connectivity index (χ1n) is 8.99. The fraction of sp³-hybridized carbons (Fsp3) is 0.833. The molecule has 0 aliphatic carbocycles. The summed E-state index contributed by atoms with van der Waals surface area (Å²) in [6, 6.07) is 0. The van der Waals surface area contributed by atoms with Gasteiger partial charge in [0.05, 0.1) is 0 Å². The Kier molecular flexibility index (Phi) is 11.4. The summed E-state index contributed by atoms with van der Waals surface area (Å²) in [5.74, 6) is 0. The molecule has 0 aromatic rings. The molecule has 1 atom stereocenters. The van der Waals surface area contributed by atoms with E-state index >= 15 is 0 Å². The maximum Gasteiger partial charge on any atom is 0.102 e. The standard InChI is InChI=1S/C18H35N3/c1-2-3-4-5-6-7-8-9-10-11-12-13-18-20-15-17-21(18)16-14-19/h3-4,15,18H,2,5-14,16-17,19H2,1H3/b4-3+. The van der Waals surface area contributed by atoms with Gasteiger partial charge in [0.1, 0.15) is 6.17 Å². The second-order valence-electron chi connectivity index (χ2n) is 6.03. The summed E-state index contributed by atoms with van der Waals surface area (Å²) in [5, 5.41) is 0. The largest absolute Gasteiger partial charge is 0.329 e. The molecule has 0 spiro atoms. The third-order valence-electron chi connectivity index (χ3n) is 4.17. The normalized spacial score (nSPS) is 19.0. The molecule has 0 aromatic carbocycles. The Morgan fingerprint density at radius 3 is 2.52 bits per heavy atom. The molecule has 21 heavy (non-hydrogen) atoms. The van der Waals surface area contributed by atoms with Gasteiger partial charge < -0.3 is 5.73 Å². The zero-order valence-electron chi connectivity index (χ0n) is 14.0. The van der Waals surface area contributed by atoms with Gasteiger partial charge in [0.25, 0.3) is 0 Å². The minimum atomic E-state index is 0.416. The number of unbranched alkanes of at least 4 members (excludes halogenated alkanes) is 7. The number of hydrogen-bond acceptors (Lipinski definition) is 3. The van der Waals surface area contributed by atoms with Crippen molar-refractivity contribution in [2.45, 2.75) is 77.3 Å². The highest BCUT2D eigenvalue weighted by atomic mass is 15.3. The maximum atomic E-state index is 5.63. The van der Waals surface area contributed by atoms with Gasteiger partial charge in [0.15, 0.2) is 0 Å². The molecule has 0 saturated carbocycles. The van der Waals surface area contributed by atoms with Crippen molar-refractivity contribution in [2.75, 3.05) is 19.6 Å². The lowest BCUT2D eigenvalue weighted by Crippen LogP contribution is -2.34. The van der Waals surface area contributed by atoms with Gasteiger partial charge in [0.2, 0.25) is 0 Å². The third-order valence-corrected chi connectivity index (χ3v) is 4.17. The van der Waals surface area contributed by atoms with Crippen molar-refractivity contribution in [2.24, 2.45) is 10.7 Å². The van der Waals surface area contributed by atoms with Crippen LogP contribution in [0, 0.1) is 0 Å². The summed E-state index contributed by atoms with van der Waals surface area (Å²) in [6.07, 6.45) is 20.3. The Morgan fingerprint density at radius 1 is 1.10 bits per heavy atom. The van der Waals surface area contributed by atoms with E-state index in [4.69, 9.17) is 5.73 Å². The summed E-state index contributed by atoms with van der Waals surface area (Å²) in [7, 11) is 0. The van der Waals surface area contributed by atoms with Crippen molar-refractivity contribution >= 4 is 6.21 Å². The van der Waals surface area contributed by atoms with Gasteiger partial charge in [0, 0.05) is 25.8 Å². The molecule has 0 saturated heterocycles. The summed E-state index contributed by atoms with van der Waals surface area (Å²) in [5.41, 5.74) is 5.63. The minimum Gasteiger partial charge on any atom is -0.329 e. The first-order valence-corrected chi connectivity index (χ1v) is 8.99. The molecule has 0 amide bonds. The number of nitrogens with zero attached hydrogens (tertiary/aromatic N) is 2. The van der Waals surface area contributed by atoms with Crippen LogP contribution in [-0.2, 0) is 0 Å². The molecule has 1 aliphatic heterocycles. The molecular formula is C18H35N3. The van der Waals surface area contributed by atoms with E-state index in [0.29, 0.717) is 6.17 Å². The third kappa shape index (κ3) is 9.05. The van der Waals surface area contributed by atoms with E-state index in [9.17, 15) is 0 Å². The highest BCUT2D eigenvalue weighted by molar-refractivity contribution is 5.62. The van der Waals surface area contributed by atoms with E-state index in [-0.39, 0.29) is 0 Å². The number of allylic oxidation sites excluding steroid dienone is 2. The highest BCUT2D eigenvalue weighted by Gasteiger charge is 2.18. The van der Waals surface area contributed by atoms with Gasteiger partial charge in [-0.3, -0.25) is 9.89 Å². The van der Waals surface area contributed by atoms with Crippen LogP contribution in [0.3, 0.4) is 0 Å². The minimum absolute atomic E-state index is 0.416. The van der Waals surface area contributed by atoms with Crippen LogP contribution in [0.2, 0.25) is 0 Å². The van der Waals surface area contributed by atoms with Gasteiger partial charge in [-0.25, -0.2) is 0 Å². The molecule has 1 rings (SSSR count). The summed E-state index contributed by atoms with van der Waals surface area (Å²) >= 11 is 0. The van der Waals surface area contributed by atoms with Crippen molar-refractivity contribution in [3.8, 4) is 0 Å². The quantitative estimate of drug-likeness (QED) is 0.410. The average Bonchev–Trinajstić information content (AvgIpc) is 2.92. The van der Waals surface area contributed by atoms with Crippen LogP contribution in [0.1, 0.15) is 71.1 Å². The van der Waals surface area contributed by atoms with Crippen molar-refractivity contribution in [1.82, 2.24) is 4.90 Å². The Morgan fingerprint density at radius 2 is 1.81 bits per heavy atom. The monoisotopic (exact) mass is 293 g/mol. The molecule has 0 fully saturated rings. The van der Waals surface area contributed by atoms with Crippen molar-refractivity contribution < 1.29 is 0 Å². The first-order chi connectivity index (χ1) is 10.4. The zero-order valence-corrected chi connectivity index (χ0v) is 14.0. The van der Waals surface area contributed by atoms with Crippen LogP contribution in [0.4, 0.5) is 0 Å². The zero-order chi connectivity index (χ0) is 15.2. The molecular weight excluding hydrogens is 258 g/mol. The molecule has 1 heterocycles. The second-order valence-corrected chi connectivity index (χ2v) is 6.03. The van der Waals surface area contributed by atoms with E-state index in [2.05, 4.69) is 29.0 Å². The molecule has 3 nitrogen and oxygen atoms in total. The predicted molar refractivity (Wildman–Crippen MR) is 93.9 cm³/mol. The van der Waals surface area contributed by atoms with Gasteiger partial charge in [-0.05, 0) is 32.1 Å². The lowest BCUT2D eigenvalue weighted by atomic mass is 10.1. The Labute approximate surface area is 131 Å². The molecule has 0 bridgehead atoms. The Bertz CT molecular complexity index is 286. The molecule has 2 N–H and O–H groups in total. The Hall–Kier alpha value is -0.670. The fourth-order valence-electron chi connectivity index (χ4n) is 2.91. The van der Waals surface area contributed by atoms with Crippen LogP contribution in [0.25, 0.3) is 0 Å². The molecule has 0 radical (unpaired) electrons. The van der Waals surface area contributed by atoms with Crippen molar-refractivity contribution in [3.63, 3.8) is 0 Å². The van der Waals surface area contributed by atoms with Crippen LogP contribution in [0.15, 0.2) is 17.1 Å². The van der Waals surface area contributed by atoms with Crippen LogP contribution < -0.4 is 5.73 Å². The second kappa shape index (κ2) is 13.0. The fourth-order valence-corrected chi connectivity index (χ4v) is 2.91. The van der Waals surface area contributed by atoms with Gasteiger partial charge in [-0.1, -0.05) is 51.2 Å². The van der Waals surface area contributed by atoms with Crippen molar-refractivity contribution in [1.29, 1.82) is 0 Å². The van der Waals surface area contributed by atoms with Gasteiger partial charge in [-0.2, -0.15) is 0 Å². The summed E-state index contributed by atoms with van der Waals surface area (Å²) in [6.45, 7) is 4.92. The smallest absolute Gasteiger partial charge is 0.102 e. The molecule has 1 unspecified atom stereocenters. The maximum absolute atomic E-state index is 5.63. The Balaban J connectivity index is 1.86. The van der Waals surface area contributed by atoms with E-state index in [1.165, 1.54) is 64.2 Å². The SMILES string of the molecule is CC/C=C/CCCCCCCCCC1N=CCN1CCN. The van der Waals surface area contributed by atoms with Crippen LogP contribution in [0.5, 0.6) is 0 Å². The molecule has 122 valence electrons. The number of nitrogens with two attached hydrogens (primary N) is 1. The van der Waals surface area contributed by atoms with Crippen LogP contribution in [-0.4, -0.2) is 36.9 Å². The van der Waals surface area contributed by atoms with E-state index in [1.807, 2.05) is 6.21 Å². The van der Waals surface area contributed by atoms with E-state index in [1.54, 1.807) is 0 Å². The average molecular weight is 293 g/mol. The lowest BCUT2D eigenvalue weighted by molar-refractivity contribution is 0.241. The number of rotatable bonds is 13. The molecule has 0 aromatic heterocycles. The molecule has 1 aliphatic rings. The first kappa shape index (κ1) is 18.4. The van der Waals surface area contributed by atoms with Gasteiger partial charge >= 0.3 is 0 Å². The summed E-state index contributed by atoms with van der Waals surface area (Å²) in [4.78, 5) is 6.95. The molecule has 3 heteroatoms. The highest BCUT2D eigenvalue weighted by Crippen LogP contribution is 2.16. The van der Waals surface area contributed by atoms with E-state index < -0.39 is 0 Å². The predicted octanol–water partition coefficient (Wildman–Crippen LogP) is 4.13. The van der Waals surface area contributed by atoms with Crippen molar-refractivity contribution in [3.05, 3.63) is 12.2 Å². The lowest BCUT2D eigenvalue weighted by Gasteiger charge is -2.21.